The molecule has 66 heavy (non-hydrogen) atoms. The molecule has 0 N–H and O–H groups in total. The molecule has 11 aromatic carbocycles. The molecule has 3 aromatic heterocycles. The van der Waals surface area contributed by atoms with Crippen molar-refractivity contribution in [3.05, 3.63) is 230 Å². The Bertz CT molecular complexity index is 4190. The summed E-state index contributed by atoms with van der Waals surface area (Å²) in [5.41, 5.74) is 12.3. The van der Waals surface area contributed by atoms with E-state index in [4.69, 9.17) is 4.98 Å². The highest BCUT2D eigenvalue weighted by Crippen LogP contribution is 2.44. The molecule has 0 radical (unpaired) electrons. The molecule has 0 saturated carbocycles. The topological polar surface area (TPSA) is 17.8 Å². The predicted octanol–water partition coefficient (Wildman–Crippen LogP) is 17.8. The lowest BCUT2D eigenvalue weighted by Crippen LogP contribution is -1.98. The number of pyridine rings is 1. The van der Waals surface area contributed by atoms with Gasteiger partial charge in [-0.2, -0.15) is 0 Å². The van der Waals surface area contributed by atoms with Crippen LogP contribution in [-0.2, 0) is 0 Å². The van der Waals surface area contributed by atoms with Gasteiger partial charge in [-0.05, 0) is 148 Å². The molecule has 306 valence electrons. The van der Waals surface area contributed by atoms with Gasteiger partial charge in [0.1, 0.15) is 0 Å². The molecule has 14 aromatic rings. The van der Waals surface area contributed by atoms with Gasteiger partial charge in [-0.3, -0.25) is 0 Å². The van der Waals surface area contributed by atoms with Gasteiger partial charge in [0.25, 0.3) is 0 Å². The minimum absolute atomic E-state index is 0.932. The van der Waals surface area contributed by atoms with Crippen LogP contribution in [0.25, 0.3) is 136 Å². The third kappa shape index (κ3) is 5.84. The summed E-state index contributed by atoms with van der Waals surface area (Å²) in [5, 5.41) is 18.3. The Labute approximate surface area is 384 Å². The summed E-state index contributed by atoms with van der Waals surface area (Å²) in [7, 11) is 0. The van der Waals surface area contributed by atoms with Gasteiger partial charge in [-0.25, -0.2) is 4.98 Å². The van der Waals surface area contributed by atoms with E-state index >= 15 is 0 Å². The molecule has 0 aliphatic rings. The Morgan fingerprint density at radius 2 is 0.864 bits per heavy atom. The Balaban J connectivity index is 1.10. The van der Waals surface area contributed by atoms with Gasteiger partial charge in [0, 0.05) is 26.6 Å². The zero-order valence-electron chi connectivity index (χ0n) is 35.7. The van der Waals surface area contributed by atoms with E-state index in [9.17, 15) is 0 Å². The zero-order valence-corrected chi connectivity index (χ0v) is 36.6. The first-order valence-electron chi connectivity index (χ1n) is 22.6. The molecule has 0 aliphatic heterocycles. The maximum Gasteiger partial charge on any atom is 0.0730 e. The van der Waals surface area contributed by atoms with E-state index in [2.05, 4.69) is 234 Å². The van der Waals surface area contributed by atoms with Crippen molar-refractivity contribution in [2.45, 2.75) is 0 Å². The fourth-order valence-corrected chi connectivity index (χ4v) is 11.5. The van der Waals surface area contributed by atoms with Crippen molar-refractivity contribution in [3.8, 4) is 50.5 Å². The van der Waals surface area contributed by atoms with E-state index in [1.165, 1.54) is 97.0 Å². The molecule has 3 heteroatoms. The van der Waals surface area contributed by atoms with Crippen molar-refractivity contribution >= 4 is 97.1 Å². The summed E-state index contributed by atoms with van der Waals surface area (Å²) in [5.74, 6) is 0. The third-order valence-electron chi connectivity index (χ3n) is 13.8. The summed E-state index contributed by atoms with van der Waals surface area (Å²) < 4.78 is 3.81. The second kappa shape index (κ2) is 14.6. The molecule has 14 rings (SSSR count). The van der Waals surface area contributed by atoms with Crippen LogP contribution >= 0.6 is 11.3 Å². The number of aromatic nitrogens is 2. The van der Waals surface area contributed by atoms with Crippen LogP contribution in [0.4, 0.5) is 0 Å². The largest absolute Gasteiger partial charge is 0.309 e. The van der Waals surface area contributed by atoms with E-state index < -0.39 is 0 Å². The van der Waals surface area contributed by atoms with Gasteiger partial charge >= 0.3 is 0 Å². The number of thiophene rings is 1. The average Bonchev–Trinajstić information content (AvgIpc) is 4.00. The summed E-state index contributed by atoms with van der Waals surface area (Å²) in [4.78, 5) is 5.48. The summed E-state index contributed by atoms with van der Waals surface area (Å²) in [6, 6.07) is 82.8. The molecule has 0 unspecified atom stereocenters. The van der Waals surface area contributed by atoms with Gasteiger partial charge in [0.05, 0.1) is 28.1 Å². The lowest BCUT2D eigenvalue weighted by Gasteiger charge is -2.15. The maximum atomic E-state index is 5.48. The predicted molar refractivity (Wildman–Crippen MR) is 283 cm³/mol. The Hall–Kier alpha value is -8.37. The standard InChI is InChI=1S/C63H38N2S/c1-2-11-39(12-3-1)45-26-28-61-57(33-45)58-37-55-52-19-9-8-18-51(52)53-27-25-46(50-20-10-17-42-29-30-66-63(42)50)34-54(53)56(55)38-62(58)65(61)49-35-59(47-23-21-40-13-4-6-15-43(40)31-47)64-60(36-49)48-24-22-41-14-5-7-16-44(41)32-48/h1-38H. The highest BCUT2D eigenvalue weighted by Gasteiger charge is 2.20. The molecule has 0 spiro atoms. The number of rotatable bonds is 5. The van der Waals surface area contributed by atoms with Gasteiger partial charge in [0.15, 0.2) is 0 Å². The molecule has 0 saturated heterocycles. The van der Waals surface area contributed by atoms with Crippen LogP contribution < -0.4 is 0 Å². The highest BCUT2D eigenvalue weighted by atomic mass is 32.1. The fourth-order valence-electron chi connectivity index (χ4n) is 10.6. The van der Waals surface area contributed by atoms with Crippen LogP contribution in [-0.4, -0.2) is 9.55 Å². The zero-order chi connectivity index (χ0) is 43.3. The molecule has 0 amide bonds. The molecule has 0 aliphatic carbocycles. The molecular formula is C63H38N2S. The average molecular weight is 855 g/mol. The number of hydrogen-bond acceptors (Lipinski definition) is 2. The summed E-state index contributed by atoms with van der Waals surface area (Å²) in [6.07, 6.45) is 0. The van der Waals surface area contributed by atoms with Gasteiger partial charge in [-0.1, -0.05) is 164 Å². The first-order valence-corrected chi connectivity index (χ1v) is 23.5. The summed E-state index contributed by atoms with van der Waals surface area (Å²) in [6.45, 7) is 0. The van der Waals surface area contributed by atoms with Crippen LogP contribution in [0.3, 0.4) is 0 Å². The minimum atomic E-state index is 0.932. The molecule has 0 fully saturated rings. The quantitative estimate of drug-likeness (QED) is 0.158. The van der Waals surface area contributed by atoms with Crippen molar-refractivity contribution in [2.75, 3.05) is 0 Å². The van der Waals surface area contributed by atoms with Gasteiger partial charge in [0.2, 0.25) is 0 Å². The van der Waals surface area contributed by atoms with Crippen molar-refractivity contribution in [3.63, 3.8) is 0 Å². The number of hydrogen-bond donors (Lipinski definition) is 0. The Kier molecular flexibility index (Phi) is 8.19. The smallest absolute Gasteiger partial charge is 0.0730 e. The first kappa shape index (κ1) is 37.0. The second-order valence-electron chi connectivity index (χ2n) is 17.5. The SMILES string of the molecule is c1ccc(-c2ccc3c(c2)c2cc4c5ccccc5c5ccc(-c6cccc7ccsc67)cc5c4cc2n3-c2cc(-c3ccc4ccccc4c3)nc(-c3ccc4ccccc4c3)c2)cc1. The molecular weight excluding hydrogens is 817 g/mol. The normalized spacial score (nSPS) is 11.9. The van der Waals surface area contributed by atoms with E-state index in [1.54, 1.807) is 0 Å². The van der Waals surface area contributed by atoms with E-state index in [-0.39, 0.29) is 0 Å². The lowest BCUT2D eigenvalue weighted by molar-refractivity contribution is 1.16. The van der Waals surface area contributed by atoms with Gasteiger partial charge in [-0.15, -0.1) is 11.3 Å². The van der Waals surface area contributed by atoms with Crippen LogP contribution in [0.15, 0.2) is 230 Å². The van der Waals surface area contributed by atoms with Gasteiger partial charge < -0.3 is 4.57 Å². The van der Waals surface area contributed by atoms with Crippen LogP contribution in [0.5, 0.6) is 0 Å². The maximum absolute atomic E-state index is 5.48. The number of nitrogens with zero attached hydrogens (tertiary/aromatic N) is 2. The minimum Gasteiger partial charge on any atom is -0.309 e. The van der Waals surface area contributed by atoms with Crippen molar-refractivity contribution in [2.24, 2.45) is 0 Å². The first-order chi connectivity index (χ1) is 32.7. The number of benzene rings is 11. The van der Waals surface area contributed by atoms with E-state index in [0.717, 1.165) is 39.2 Å². The summed E-state index contributed by atoms with van der Waals surface area (Å²) >= 11 is 1.81. The van der Waals surface area contributed by atoms with Crippen molar-refractivity contribution in [1.82, 2.24) is 9.55 Å². The fraction of sp³-hybridized carbons (Fsp3) is 0. The number of fused-ring (bicyclic) bond motifs is 12. The van der Waals surface area contributed by atoms with Crippen LogP contribution in [0.2, 0.25) is 0 Å². The molecule has 0 atom stereocenters. The van der Waals surface area contributed by atoms with Crippen LogP contribution in [0, 0.1) is 0 Å². The molecule has 3 heterocycles. The van der Waals surface area contributed by atoms with Crippen molar-refractivity contribution < 1.29 is 0 Å². The molecule has 0 bridgehead atoms. The molecule has 2 nitrogen and oxygen atoms in total. The lowest BCUT2D eigenvalue weighted by atomic mass is 9.91. The van der Waals surface area contributed by atoms with E-state index in [0.29, 0.717) is 0 Å². The van der Waals surface area contributed by atoms with Crippen LogP contribution in [0.1, 0.15) is 0 Å². The van der Waals surface area contributed by atoms with E-state index in [1.807, 2.05) is 11.3 Å². The Morgan fingerprint density at radius 3 is 1.61 bits per heavy atom. The second-order valence-corrected chi connectivity index (χ2v) is 18.4. The van der Waals surface area contributed by atoms with Crippen molar-refractivity contribution in [1.29, 1.82) is 0 Å². The monoisotopic (exact) mass is 854 g/mol. The highest BCUT2D eigenvalue weighted by molar-refractivity contribution is 7.17. The third-order valence-corrected chi connectivity index (χ3v) is 14.7. The Morgan fingerprint density at radius 1 is 0.303 bits per heavy atom.